The summed E-state index contributed by atoms with van der Waals surface area (Å²) in [6.45, 7) is -0.102. The van der Waals surface area contributed by atoms with Crippen LogP contribution in [0.3, 0.4) is 0 Å². The Kier molecular flexibility index (Phi) is 4.59. The number of halogens is 3. The van der Waals surface area contributed by atoms with Gasteiger partial charge in [0.15, 0.2) is 11.6 Å². The van der Waals surface area contributed by atoms with Gasteiger partial charge in [-0.2, -0.15) is 0 Å². The van der Waals surface area contributed by atoms with Gasteiger partial charge in [-0.15, -0.1) is 11.6 Å². The molecule has 0 aromatic heterocycles. The van der Waals surface area contributed by atoms with Crippen molar-refractivity contribution >= 4 is 23.0 Å². The van der Waals surface area contributed by atoms with Crippen molar-refractivity contribution in [2.75, 3.05) is 17.7 Å². The van der Waals surface area contributed by atoms with Crippen LogP contribution in [0.1, 0.15) is 0 Å². The Morgan fingerprint density at radius 3 is 2.59 bits per heavy atom. The van der Waals surface area contributed by atoms with Gasteiger partial charge < -0.3 is 10.4 Å². The number of nitrogens with zero attached hydrogens (tertiary/aromatic N) is 1. The zero-order valence-corrected chi connectivity index (χ0v) is 9.25. The van der Waals surface area contributed by atoms with E-state index in [4.69, 9.17) is 16.7 Å². The van der Waals surface area contributed by atoms with Gasteiger partial charge in [0, 0.05) is 12.6 Å². The van der Waals surface area contributed by atoms with Crippen molar-refractivity contribution in [2.45, 2.75) is 6.10 Å². The Labute approximate surface area is 100 Å². The Hall–Kier alpha value is -1.47. The van der Waals surface area contributed by atoms with Crippen molar-refractivity contribution < 1.29 is 18.8 Å². The number of hydrogen-bond donors (Lipinski definition) is 2. The highest BCUT2D eigenvalue weighted by atomic mass is 35.5. The van der Waals surface area contributed by atoms with Crippen molar-refractivity contribution in [3.05, 3.63) is 33.9 Å². The van der Waals surface area contributed by atoms with Gasteiger partial charge in [0.1, 0.15) is 5.69 Å². The molecule has 0 radical (unpaired) electrons. The van der Waals surface area contributed by atoms with Crippen LogP contribution in [0.2, 0.25) is 0 Å². The van der Waals surface area contributed by atoms with Crippen molar-refractivity contribution in [3.63, 3.8) is 0 Å². The summed E-state index contributed by atoms with van der Waals surface area (Å²) in [5, 5.41) is 22.2. The Bertz CT molecular complexity index is 431. The summed E-state index contributed by atoms with van der Waals surface area (Å²) in [4.78, 5) is 9.74. The number of nitro benzene ring substituents is 1. The maximum absolute atomic E-state index is 12.9. The molecule has 2 N–H and O–H groups in total. The van der Waals surface area contributed by atoms with E-state index < -0.39 is 28.3 Å². The van der Waals surface area contributed by atoms with E-state index in [2.05, 4.69) is 5.32 Å². The zero-order valence-electron chi connectivity index (χ0n) is 8.49. The molecule has 0 saturated heterocycles. The second-order valence-electron chi connectivity index (χ2n) is 3.23. The van der Waals surface area contributed by atoms with Gasteiger partial charge in [-0.1, -0.05) is 0 Å². The summed E-state index contributed by atoms with van der Waals surface area (Å²) in [6, 6.07) is 1.14. The monoisotopic (exact) mass is 266 g/mol. The molecule has 1 atom stereocenters. The standard InChI is InChI=1S/C9H9ClF2N2O3/c10-3-5(15)4-13-8-1-6(11)7(12)2-9(8)14(16)17/h1-2,5,13,15H,3-4H2. The fraction of sp³-hybridized carbons (Fsp3) is 0.333. The van der Waals surface area contributed by atoms with Gasteiger partial charge in [-0.25, -0.2) is 8.78 Å². The molecule has 0 bridgehead atoms. The average molecular weight is 267 g/mol. The topological polar surface area (TPSA) is 75.4 Å². The third-order valence-electron chi connectivity index (χ3n) is 1.94. The van der Waals surface area contributed by atoms with Gasteiger partial charge in [0.25, 0.3) is 5.69 Å². The van der Waals surface area contributed by atoms with E-state index in [-0.39, 0.29) is 18.1 Å². The molecular weight excluding hydrogens is 258 g/mol. The SMILES string of the molecule is O=[N+]([O-])c1cc(F)c(F)cc1NCC(O)CCl. The molecule has 1 rings (SSSR count). The third kappa shape index (κ3) is 3.50. The summed E-state index contributed by atoms with van der Waals surface area (Å²) in [5.41, 5.74) is -0.816. The van der Waals surface area contributed by atoms with E-state index >= 15 is 0 Å². The van der Waals surface area contributed by atoms with Crippen LogP contribution in [0.25, 0.3) is 0 Å². The molecule has 8 heteroatoms. The number of alkyl halides is 1. The molecule has 1 unspecified atom stereocenters. The molecule has 0 fully saturated rings. The van der Waals surface area contributed by atoms with Crippen LogP contribution >= 0.6 is 11.6 Å². The first-order chi connectivity index (χ1) is 7.95. The maximum Gasteiger partial charge on any atom is 0.295 e. The summed E-state index contributed by atoms with van der Waals surface area (Å²) in [7, 11) is 0. The molecular formula is C9H9ClF2N2O3. The summed E-state index contributed by atoms with van der Waals surface area (Å²) < 4.78 is 25.7. The highest BCUT2D eigenvalue weighted by molar-refractivity contribution is 6.18. The summed E-state index contributed by atoms with van der Waals surface area (Å²) in [5.74, 6) is -2.59. The first-order valence-electron chi connectivity index (χ1n) is 4.57. The molecule has 17 heavy (non-hydrogen) atoms. The first kappa shape index (κ1) is 13.6. The molecule has 0 heterocycles. The predicted molar refractivity (Wildman–Crippen MR) is 58.2 cm³/mol. The van der Waals surface area contributed by atoms with Crippen molar-refractivity contribution in [3.8, 4) is 0 Å². The van der Waals surface area contributed by atoms with Gasteiger partial charge in [-0.3, -0.25) is 10.1 Å². The number of benzene rings is 1. The normalized spacial score (nSPS) is 12.2. The molecule has 0 spiro atoms. The van der Waals surface area contributed by atoms with Crippen LogP contribution < -0.4 is 5.32 Å². The van der Waals surface area contributed by atoms with E-state index in [0.717, 1.165) is 0 Å². The Morgan fingerprint density at radius 1 is 1.47 bits per heavy atom. The number of rotatable bonds is 5. The fourth-order valence-electron chi connectivity index (χ4n) is 1.11. The first-order valence-corrected chi connectivity index (χ1v) is 5.10. The molecule has 0 saturated carbocycles. The van der Waals surface area contributed by atoms with Gasteiger partial charge in [0.2, 0.25) is 0 Å². The second-order valence-corrected chi connectivity index (χ2v) is 3.54. The molecule has 0 aliphatic heterocycles. The number of aliphatic hydroxyl groups excluding tert-OH is 1. The molecule has 1 aromatic rings. The van der Waals surface area contributed by atoms with Crippen molar-refractivity contribution in [1.29, 1.82) is 0 Å². The smallest absolute Gasteiger partial charge is 0.295 e. The van der Waals surface area contributed by atoms with E-state index in [0.29, 0.717) is 12.1 Å². The summed E-state index contributed by atoms with van der Waals surface area (Å²) >= 11 is 5.32. The average Bonchev–Trinajstić information content (AvgIpc) is 2.29. The van der Waals surface area contributed by atoms with Crippen LogP contribution in [0.4, 0.5) is 20.2 Å². The van der Waals surface area contributed by atoms with Crippen molar-refractivity contribution in [1.82, 2.24) is 0 Å². The minimum Gasteiger partial charge on any atom is -0.390 e. The van der Waals surface area contributed by atoms with Gasteiger partial charge in [0.05, 0.1) is 23.0 Å². The number of hydrogen-bond acceptors (Lipinski definition) is 4. The lowest BCUT2D eigenvalue weighted by molar-refractivity contribution is -0.384. The van der Waals surface area contributed by atoms with Crippen LogP contribution in [0.15, 0.2) is 12.1 Å². The van der Waals surface area contributed by atoms with Gasteiger partial charge >= 0.3 is 0 Å². The Balaban J connectivity index is 2.96. The van der Waals surface area contributed by atoms with E-state index in [1.807, 2.05) is 0 Å². The van der Waals surface area contributed by atoms with E-state index in [1.54, 1.807) is 0 Å². The largest absolute Gasteiger partial charge is 0.390 e. The highest BCUT2D eigenvalue weighted by Gasteiger charge is 2.18. The number of anilines is 1. The predicted octanol–water partition coefficient (Wildman–Crippen LogP) is 1.88. The molecule has 0 amide bonds. The van der Waals surface area contributed by atoms with E-state index in [1.165, 1.54) is 0 Å². The molecule has 1 aromatic carbocycles. The maximum atomic E-state index is 12.9. The van der Waals surface area contributed by atoms with Crippen LogP contribution in [0, 0.1) is 21.7 Å². The minimum atomic E-state index is -1.31. The highest BCUT2D eigenvalue weighted by Crippen LogP contribution is 2.26. The zero-order chi connectivity index (χ0) is 13.0. The molecule has 5 nitrogen and oxygen atoms in total. The van der Waals surface area contributed by atoms with Crippen molar-refractivity contribution in [2.24, 2.45) is 0 Å². The minimum absolute atomic E-state index is 0.0789. The Morgan fingerprint density at radius 2 is 2.06 bits per heavy atom. The van der Waals surface area contributed by atoms with Crippen LogP contribution in [-0.4, -0.2) is 28.6 Å². The van der Waals surface area contributed by atoms with Crippen LogP contribution in [-0.2, 0) is 0 Å². The molecule has 0 aliphatic rings. The van der Waals surface area contributed by atoms with Gasteiger partial charge in [-0.05, 0) is 0 Å². The molecule has 94 valence electrons. The lowest BCUT2D eigenvalue weighted by atomic mass is 10.2. The van der Waals surface area contributed by atoms with Crippen LogP contribution in [0.5, 0.6) is 0 Å². The second kappa shape index (κ2) is 5.74. The van der Waals surface area contributed by atoms with E-state index in [9.17, 15) is 18.9 Å². The quantitative estimate of drug-likeness (QED) is 0.485. The molecule has 0 aliphatic carbocycles. The summed E-state index contributed by atoms with van der Waals surface area (Å²) in [6.07, 6.45) is -0.940. The number of nitrogens with one attached hydrogen (secondary N) is 1. The fourth-order valence-corrected chi connectivity index (χ4v) is 1.22. The number of nitro groups is 1. The lowest BCUT2D eigenvalue weighted by Crippen LogP contribution is -2.21. The lowest BCUT2D eigenvalue weighted by Gasteiger charge is -2.10. The number of aliphatic hydroxyl groups is 1. The third-order valence-corrected chi connectivity index (χ3v) is 2.30.